The van der Waals surface area contributed by atoms with Gasteiger partial charge in [0, 0.05) is 23.6 Å². The summed E-state index contributed by atoms with van der Waals surface area (Å²) in [5.41, 5.74) is 3.84. The van der Waals surface area contributed by atoms with Crippen molar-refractivity contribution in [3.63, 3.8) is 0 Å². The first-order valence-electron chi connectivity index (χ1n) is 8.01. The van der Waals surface area contributed by atoms with Crippen LogP contribution in [0.5, 0.6) is 0 Å². The Morgan fingerprint density at radius 3 is 2.57 bits per heavy atom. The Kier molecular flexibility index (Phi) is 5.02. The number of rotatable bonds is 3. The van der Waals surface area contributed by atoms with Gasteiger partial charge in [-0.1, -0.05) is 0 Å². The summed E-state index contributed by atoms with van der Waals surface area (Å²) in [6, 6.07) is 3.77. The molecule has 0 spiro atoms. The Morgan fingerprint density at radius 2 is 1.96 bits per heavy atom. The fourth-order valence-electron chi connectivity index (χ4n) is 2.67. The fraction of sp³-hybridized carbons (Fsp3) is 0.294. The van der Waals surface area contributed by atoms with Gasteiger partial charge in [0.05, 0.1) is 12.2 Å². The average Bonchev–Trinajstić information content (AvgIpc) is 2.62. The topological polar surface area (TPSA) is 102 Å². The Hall–Kier alpha value is -3.08. The van der Waals surface area contributed by atoms with Crippen LogP contribution in [0.4, 0.5) is 23.2 Å². The zero-order valence-corrected chi connectivity index (χ0v) is 14.5. The predicted molar refractivity (Wildman–Crippen MR) is 91.2 cm³/mol. The number of nitrogens with zero attached hydrogens (tertiary/aromatic N) is 3. The summed E-state index contributed by atoms with van der Waals surface area (Å²) in [7, 11) is 0. The molecule has 1 atom stereocenters. The molecule has 3 rings (SSSR count). The summed E-state index contributed by atoms with van der Waals surface area (Å²) >= 11 is 0. The number of amides is 1. The number of hydrogen-bond donors (Lipinski definition) is 2. The molecule has 0 saturated carbocycles. The maximum Gasteiger partial charge on any atom is 0.419 e. The Balaban J connectivity index is 1.83. The zero-order valence-electron chi connectivity index (χ0n) is 14.5. The number of carbonyl (C=O) groups excluding carboxylic acids is 1. The minimum absolute atomic E-state index is 0.0873. The molecule has 0 saturated heterocycles. The van der Waals surface area contributed by atoms with Crippen molar-refractivity contribution in [3.05, 3.63) is 53.4 Å². The molecule has 2 heterocycles. The minimum Gasteiger partial charge on any atom is -0.386 e. The van der Waals surface area contributed by atoms with Crippen LogP contribution in [0.1, 0.15) is 28.7 Å². The maximum atomic E-state index is 14.3. The lowest BCUT2D eigenvalue weighted by Gasteiger charge is -2.30. The molecule has 1 aromatic heterocycles. The number of aromatic nitrogens is 2. The van der Waals surface area contributed by atoms with Crippen LogP contribution < -0.4 is 11.1 Å². The van der Waals surface area contributed by atoms with Crippen LogP contribution >= 0.6 is 0 Å². The van der Waals surface area contributed by atoms with E-state index in [1.54, 1.807) is 6.92 Å². The lowest BCUT2D eigenvalue weighted by Crippen LogP contribution is -2.38. The molecule has 0 radical (unpaired) electrons. The van der Waals surface area contributed by atoms with Crippen LogP contribution in [-0.2, 0) is 16.5 Å². The molecule has 11 heteroatoms. The average molecular weight is 397 g/mol. The van der Waals surface area contributed by atoms with E-state index in [0.717, 1.165) is 6.07 Å². The molecule has 0 fully saturated rings. The van der Waals surface area contributed by atoms with Gasteiger partial charge in [-0.2, -0.15) is 13.2 Å². The molecule has 0 aliphatic carbocycles. The summed E-state index contributed by atoms with van der Waals surface area (Å²) in [6.45, 7) is 1.85. The van der Waals surface area contributed by atoms with Gasteiger partial charge < -0.3 is 15.8 Å². The monoisotopic (exact) mass is 397 g/mol. The number of nitrogens with one attached hydrogen (secondary N) is 1. The Labute approximate surface area is 156 Å². The van der Waals surface area contributed by atoms with E-state index in [-0.39, 0.29) is 30.3 Å². The van der Waals surface area contributed by atoms with Crippen LogP contribution in [0, 0.1) is 5.82 Å². The highest BCUT2D eigenvalue weighted by Crippen LogP contribution is 2.32. The molecule has 28 heavy (non-hydrogen) atoms. The number of aliphatic imine (C=N–C) groups is 1. The van der Waals surface area contributed by atoms with Crippen molar-refractivity contribution >= 4 is 17.4 Å². The van der Waals surface area contributed by atoms with E-state index in [1.165, 1.54) is 12.1 Å². The summed E-state index contributed by atoms with van der Waals surface area (Å²) in [6.07, 6.45) is -3.59. The zero-order chi connectivity index (χ0) is 20.5. The summed E-state index contributed by atoms with van der Waals surface area (Å²) < 4.78 is 57.3. The van der Waals surface area contributed by atoms with Crippen LogP contribution in [0.15, 0.2) is 35.6 Å². The van der Waals surface area contributed by atoms with Crippen molar-refractivity contribution in [2.75, 3.05) is 18.5 Å². The first-order valence-corrected chi connectivity index (χ1v) is 8.01. The SMILES string of the molecule is C[C@@]1(c2cc(NC(=O)c3ncc(C(F)(F)F)cn3)ccc2F)COCC(N)=N1. The predicted octanol–water partition coefficient (Wildman–Crippen LogP) is 2.49. The third-order valence-corrected chi connectivity index (χ3v) is 4.01. The Morgan fingerprint density at radius 1 is 1.29 bits per heavy atom. The van der Waals surface area contributed by atoms with Gasteiger partial charge in [0.2, 0.25) is 5.82 Å². The van der Waals surface area contributed by atoms with Crippen LogP contribution in [0.25, 0.3) is 0 Å². The molecular formula is C17H15F4N5O2. The van der Waals surface area contributed by atoms with Gasteiger partial charge in [-0.15, -0.1) is 0 Å². The molecule has 1 aliphatic rings. The molecule has 1 aliphatic heterocycles. The first-order chi connectivity index (χ1) is 13.1. The quantitative estimate of drug-likeness (QED) is 0.775. The van der Waals surface area contributed by atoms with Crippen molar-refractivity contribution in [1.29, 1.82) is 0 Å². The van der Waals surface area contributed by atoms with Crippen molar-refractivity contribution in [1.82, 2.24) is 9.97 Å². The second kappa shape index (κ2) is 7.15. The third-order valence-electron chi connectivity index (χ3n) is 4.01. The van der Waals surface area contributed by atoms with Gasteiger partial charge in [0.25, 0.3) is 5.91 Å². The molecule has 2 aromatic rings. The van der Waals surface area contributed by atoms with E-state index in [2.05, 4.69) is 20.3 Å². The number of alkyl halides is 3. The lowest BCUT2D eigenvalue weighted by molar-refractivity contribution is -0.138. The van der Waals surface area contributed by atoms with E-state index >= 15 is 0 Å². The van der Waals surface area contributed by atoms with Gasteiger partial charge in [0.15, 0.2) is 0 Å². The molecule has 1 amide bonds. The van der Waals surface area contributed by atoms with Gasteiger partial charge in [-0.25, -0.2) is 14.4 Å². The third kappa shape index (κ3) is 4.09. The second-order valence-electron chi connectivity index (χ2n) is 6.31. The normalized spacial score (nSPS) is 19.8. The van der Waals surface area contributed by atoms with Crippen LogP contribution in [0.3, 0.4) is 0 Å². The lowest BCUT2D eigenvalue weighted by atomic mass is 9.92. The second-order valence-corrected chi connectivity index (χ2v) is 6.31. The van der Waals surface area contributed by atoms with Gasteiger partial charge >= 0.3 is 6.18 Å². The summed E-state index contributed by atoms with van der Waals surface area (Å²) in [5, 5.41) is 2.42. The number of nitrogens with two attached hydrogens (primary N) is 1. The highest BCUT2D eigenvalue weighted by atomic mass is 19.4. The number of anilines is 1. The standard InChI is InChI=1S/C17H15F4N5O2/c1-16(8-28-7-13(22)26-16)11-4-10(2-3-12(11)18)25-15(27)14-23-5-9(6-24-14)17(19,20)21/h2-6H,7-8H2,1H3,(H2,22,26)(H,25,27)/t16-/m0/s1. The van der Waals surface area contributed by atoms with Crippen molar-refractivity contribution in [2.24, 2.45) is 10.7 Å². The van der Waals surface area contributed by atoms with Crippen molar-refractivity contribution < 1.29 is 27.1 Å². The number of amidine groups is 1. The number of benzene rings is 1. The van der Waals surface area contributed by atoms with E-state index < -0.39 is 34.8 Å². The number of carbonyl (C=O) groups is 1. The number of hydrogen-bond acceptors (Lipinski definition) is 6. The van der Waals surface area contributed by atoms with E-state index in [1.807, 2.05) is 0 Å². The van der Waals surface area contributed by atoms with E-state index in [0.29, 0.717) is 12.4 Å². The largest absolute Gasteiger partial charge is 0.419 e. The molecule has 0 bridgehead atoms. The Bertz CT molecular complexity index is 930. The molecule has 1 aromatic carbocycles. The minimum atomic E-state index is -4.61. The molecule has 148 valence electrons. The molecule has 3 N–H and O–H groups in total. The van der Waals surface area contributed by atoms with Gasteiger partial charge in [-0.3, -0.25) is 9.79 Å². The highest BCUT2D eigenvalue weighted by Gasteiger charge is 2.33. The fourth-order valence-corrected chi connectivity index (χ4v) is 2.67. The van der Waals surface area contributed by atoms with Crippen LogP contribution in [0.2, 0.25) is 0 Å². The number of halogens is 4. The maximum absolute atomic E-state index is 14.3. The van der Waals surface area contributed by atoms with Crippen molar-refractivity contribution in [2.45, 2.75) is 18.6 Å². The molecule has 7 nitrogen and oxygen atoms in total. The van der Waals surface area contributed by atoms with Crippen LogP contribution in [-0.4, -0.2) is 34.9 Å². The number of ether oxygens (including phenoxy) is 1. The van der Waals surface area contributed by atoms with Gasteiger partial charge in [0.1, 0.15) is 23.8 Å². The molecular weight excluding hydrogens is 382 g/mol. The highest BCUT2D eigenvalue weighted by molar-refractivity contribution is 6.01. The van der Waals surface area contributed by atoms with Crippen molar-refractivity contribution in [3.8, 4) is 0 Å². The molecule has 0 unspecified atom stereocenters. The summed E-state index contributed by atoms with van der Waals surface area (Å²) in [4.78, 5) is 23.3. The first kappa shape index (κ1) is 19.7. The van der Waals surface area contributed by atoms with E-state index in [9.17, 15) is 22.4 Å². The summed E-state index contributed by atoms with van der Waals surface area (Å²) in [5.74, 6) is -1.68. The van der Waals surface area contributed by atoms with E-state index in [4.69, 9.17) is 10.5 Å². The van der Waals surface area contributed by atoms with Gasteiger partial charge in [-0.05, 0) is 25.1 Å². The smallest absolute Gasteiger partial charge is 0.386 e.